The van der Waals surface area contributed by atoms with Gasteiger partial charge in [-0.1, -0.05) is 6.07 Å². The SMILES string of the molecule is Cc1ccc(F)c(NC(=O)[C@H]2C[C@@H]2C(=O)[O-])c1. The van der Waals surface area contributed by atoms with Crippen LogP contribution in [0.25, 0.3) is 0 Å². The number of amides is 1. The number of halogens is 1. The quantitative estimate of drug-likeness (QED) is 0.828. The number of aliphatic carboxylic acids is 1. The van der Waals surface area contributed by atoms with Gasteiger partial charge in [-0.25, -0.2) is 4.39 Å². The monoisotopic (exact) mass is 236 g/mol. The molecule has 1 aromatic rings. The summed E-state index contributed by atoms with van der Waals surface area (Å²) < 4.78 is 13.3. The van der Waals surface area contributed by atoms with Crippen molar-refractivity contribution in [1.29, 1.82) is 0 Å². The summed E-state index contributed by atoms with van der Waals surface area (Å²) in [5, 5.41) is 12.9. The maximum atomic E-state index is 13.3. The van der Waals surface area contributed by atoms with E-state index in [1.165, 1.54) is 12.1 Å². The summed E-state index contributed by atoms with van der Waals surface area (Å²) in [5.74, 6) is -3.56. The van der Waals surface area contributed by atoms with Gasteiger partial charge in [0, 0.05) is 17.8 Å². The molecule has 1 fully saturated rings. The van der Waals surface area contributed by atoms with E-state index in [1.54, 1.807) is 13.0 Å². The molecule has 4 nitrogen and oxygen atoms in total. The van der Waals surface area contributed by atoms with Crippen molar-refractivity contribution >= 4 is 17.6 Å². The highest BCUT2D eigenvalue weighted by molar-refractivity contribution is 5.98. The topological polar surface area (TPSA) is 69.2 Å². The molecule has 5 heteroatoms. The number of aryl methyl sites for hydroxylation is 1. The minimum atomic E-state index is -1.23. The van der Waals surface area contributed by atoms with Crippen molar-refractivity contribution in [1.82, 2.24) is 0 Å². The van der Waals surface area contributed by atoms with Crippen LogP contribution in [0.5, 0.6) is 0 Å². The number of hydrogen-bond acceptors (Lipinski definition) is 3. The molecule has 2 rings (SSSR count). The summed E-state index contributed by atoms with van der Waals surface area (Å²) >= 11 is 0. The van der Waals surface area contributed by atoms with Crippen LogP contribution in [0.1, 0.15) is 12.0 Å². The summed E-state index contributed by atoms with van der Waals surface area (Å²) in [6.45, 7) is 1.77. The molecular formula is C12H11FNO3-. The molecule has 0 radical (unpaired) electrons. The zero-order chi connectivity index (χ0) is 12.6. The molecule has 1 aromatic carbocycles. The molecule has 2 atom stereocenters. The first-order chi connectivity index (χ1) is 7.99. The number of carbonyl (C=O) groups excluding carboxylic acids is 2. The lowest BCUT2D eigenvalue weighted by molar-refractivity contribution is -0.308. The number of hydrogen-bond donors (Lipinski definition) is 1. The first-order valence-electron chi connectivity index (χ1n) is 5.27. The standard InChI is InChI=1S/C12H12FNO3/c1-6-2-3-9(13)10(4-6)14-11(15)7-5-8(7)12(16)17/h2-4,7-8H,5H2,1H3,(H,14,15)(H,16,17)/p-1/t7-,8-/m0/s1. The van der Waals surface area contributed by atoms with Gasteiger partial charge in [0.1, 0.15) is 5.82 Å². The Morgan fingerprint density at radius 3 is 2.71 bits per heavy atom. The first-order valence-corrected chi connectivity index (χ1v) is 5.27. The Kier molecular flexibility index (Phi) is 2.83. The minimum absolute atomic E-state index is 0.0824. The van der Waals surface area contributed by atoms with Gasteiger partial charge in [-0.2, -0.15) is 0 Å². The Bertz CT molecular complexity index is 487. The second kappa shape index (κ2) is 4.16. The van der Waals surface area contributed by atoms with Crippen LogP contribution < -0.4 is 10.4 Å². The molecule has 1 saturated carbocycles. The van der Waals surface area contributed by atoms with Gasteiger partial charge in [0.15, 0.2) is 0 Å². The molecule has 0 aliphatic heterocycles. The van der Waals surface area contributed by atoms with Gasteiger partial charge in [0.2, 0.25) is 5.91 Å². The molecule has 0 bridgehead atoms. The van der Waals surface area contributed by atoms with Crippen molar-refractivity contribution in [2.75, 3.05) is 5.32 Å². The number of rotatable bonds is 3. The van der Waals surface area contributed by atoms with Crippen LogP contribution in [-0.4, -0.2) is 11.9 Å². The van der Waals surface area contributed by atoms with Crippen molar-refractivity contribution in [2.24, 2.45) is 11.8 Å². The van der Waals surface area contributed by atoms with Crippen molar-refractivity contribution in [3.8, 4) is 0 Å². The van der Waals surface area contributed by atoms with Crippen LogP contribution in [0.2, 0.25) is 0 Å². The minimum Gasteiger partial charge on any atom is -0.550 e. The molecular weight excluding hydrogens is 225 g/mol. The van der Waals surface area contributed by atoms with Crippen LogP contribution in [0.4, 0.5) is 10.1 Å². The van der Waals surface area contributed by atoms with E-state index < -0.39 is 29.5 Å². The Morgan fingerprint density at radius 2 is 2.12 bits per heavy atom. The average molecular weight is 236 g/mol. The van der Waals surface area contributed by atoms with E-state index in [2.05, 4.69) is 5.32 Å². The Balaban J connectivity index is 2.04. The van der Waals surface area contributed by atoms with Gasteiger partial charge in [0.25, 0.3) is 0 Å². The zero-order valence-electron chi connectivity index (χ0n) is 9.20. The number of carboxylic acid groups (broad SMARTS) is 1. The molecule has 1 N–H and O–H groups in total. The fourth-order valence-electron chi connectivity index (χ4n) is 1.71. The molecule has 0 aromatic heterocycles. The smallest absolute Gasteiger partial charge is 0.228 e. The third-order valence-electron chi connectivity index (χ3n) is 2.81. The van der Waals surface area contributed by atoms with Crippen LogP contribution in [0, 0.1) is 24.6 Å². The lowest BCUT2D eigenvalue weighted by Crippen LogP contribution is -2.27. The summed E-state index contributed by atoms with van der Waals surface area (Å²) in [5.41, 5.74) is 0.896. The molecule has 1 aliphatic carbocycles. The van der Waals surface area contributed by atoms with Gasteiger partial charge < -0.3 is 15.2 Å². The van der Waals surface area contributed by atoms with Gasteiger partial charge in [0.05, 0.1) is 5.69 Å². The van der Waals surface area contributed by atoms with E-state index in [0.717, 1.165) is 5.56 Å². The number of carbonyl (C=O) groups is 2. The van der Waals surface area contributed by atoms with Gasteiger partial charge >= 0.3 is 0 Å². The van der Waals surface area contributed by atoms with Gasteiger partial charge in [-0.3, -0.25) is 4.79 Å². The number of nitrogens with one attached hydrogen (secondary N) is 1. The highest BCUT2D eigenvalue weighted by Gasteiger charge is 2.44. The predicted molar refractivity (Wildman–Crippen MR) is 56.4 cm³/mol. The molecule has 0 saturated heterocycles. The zero-order valence-corrected chi connectivity index (χ0v) is 9.20. The number of carboxylic acids is 1. The lowest BCUT2D eigenvalue weighted by Gasteiger charge is -2.07. The first kappa shape index (κ1) is 11.6. The van der Waals surface area contributed by atoms with Crippen LogP contribution in [0.3, 0.4) is 0 Å². The second-order valence-corrected chi connectivity index (χ2v) is 4.24. The van der Waals surface area contributed by atoms with Crippen molar-refractivity contribution in [2.45, 2.75) is 13.3 Å². The van der Waals surface area contributed by atoms with Crippen LogP contribution >= 0.6 is 0 Å². The Labute approximate surface area is 97.4 Å². The largest absolute Gasteiger partial charge is 0.550 e. The van der Waals surface area contributed by atoms with E-state index in [1.807, 2.05) is 0 Å². The third-order valence-corrected chi connectivity index (χ3v) is 2.81. The van der Waals surface area contributed by atoms with E-state index in [9.17, 15) is 19.1 Å². The van der Waals surface area contributed by atoms with Crippen LogP contribution in [0.15, 0.2) is 18.2 Å². The van der Waals surface area contributed by atoms with Crippen molar-refractivity contribution < 1.29 is 19.1 Å². The summed E-state index contributed by atoms with van der Waals surface area (Å²) in [6.07, 6.45) is 0.265. The predicted octanol–water partition coefficient (Wildman–Crippen LogP) is 0.459. The summed E-state index contributed by atoms with van der Waals surface area (Å²) in [7, 11) is 0. The summed E-state index contributed by atoms with van der Waals surface area (Å²) in [4.78, 5) is 22.1. The highest BCUT2D eigenvalue weighted by atomic mass is 19.1. The molecule has 1 aliphatic rings. The molecule has 90 valence electrons. The van der Waals surface area contributed by atoms with E-state index in [0.29, 0.717) is 0 Å². The van der Waals surface area contributed by atoms with Gasteiger partial charge in [-0.15, -0.1) is 0 Å². The summed E-state index contributed by atoms with van der Waals surface area (Å²) in [6, 6.07) is 4.35. The highest BCUT2D eigenvalue weighted by Crippen LogP contribution is 2.38. The van der Waals surface area contributed by atoms with Crippen molar-refractivity contribution in [3.05, 3.63) is 29.6 Å². The second-order valence-electron chi connectivity index (χ2n) is 4.24. The Hall–Kier alpha value is -1.91. The van der Waals surface area contributed by atoms with Crippen LogP contribution in [-0.2, 0) is 9.59 Å². The molecule has 0 unspecified atom stereocenters. The Morgan fingerprint density at radius 1 is 1.41 bits per heavy atom. The maximum Gasteiger partial charge on any atom is 0.228 e. The van der Waals surface area contributed by atoms with Crippen molar-refractivity contribution in [3.63, 3.8) is 0 Å². The molecule has 0 spiro atoms. The number of anilines is 1. The van der Waals surface area contributed by atoms with Gasteiger partial charge in [-0.05, 0) is 31.0 Å². The fourth-order valence-corrected chi connectivity index (χ4v) is 1.71. The fraction of sp³-hybridized carbons (Fsp3) is 0.333. The molecule has 17 heavy (non-hydrogen) atoms. The lowest BCUT2D eigenvalue weighted by atomic mass is 10.2. The molecule has 1 amide bonds. The van der Waals surface area contributed by atoms with E-state index >= 15 is 0 Å². The van der Waals surface area contributed by atoms with E-state index in [4.69, 9.17) is 0 Å². The normalized spacial score (nSPS) is 22.0. The number of benzene rings is 1. The average Bonchev–Trinajstić information content (AvgIpc) is 3.03. The maximum absolute atomic E-state index is 13.3. The van der Waals surface area contributed by atoms with E-state index in [-0.39, 0.29) is 12.1 Å². The third kappa shape index (κ3) is 2.43. The molecule has 0 heterocycles.